The lowest BCUT2D eigenvalue weighted by Gasteiger charge is -2.54. The van der Waals surface area contributed by atoms with Crippen molar-refractivity contribution in [2.45, 2.75) is 129 Å². The lowest BCUT2D eigenvalue weighted by molar-refractivity contribution is -0.136. The van der Waals surface area contributed by atoms with Gasteiger partial charge in [-0.1, -0.05) is 32.0 Å². The minimum Gasteiger partial charge on any atom is -0.489 e. The number of aromatic amines is 1. The summed E-state index contributed by atoms with van der Waals surface area (Å²) in [6.07, 6.45) is 15.6. The molecule has 6 atom stereocenters. The van der Waals surface area contributed by atoms with Gasteiger partial charge in [-0.3, -0.25) is 19.7 Å². The Bertz CT molecular complexity index is 2350. The molecule has 0 bridgehead atoms. The zero-order chi connectivity index (χ0) is 42.9. The largest absolute Gasteiger partial charge is 0.489 e. The minimum absolute atomic E-state index is 0.0227. The van der Waals surface area contributed by atoms with E-state index in [1.807, 2.05) is 18.5 Å². The quantitative estimate of drug-likeness (QED) is 0.120. The first-order chi connectivity index (χ1) is 29.8. The van der Waals surface area contributed by atoms with Gasteiger partial charge in [0.05, 0.1) is 11.7 Å². The van der Waals surface area contributed by atoms with Crippen molar-refractivity contribution in [1.82, 2.24) is 20.3 Å². The first-order valence-electron chi connectivity index (χ1n) is 23.6. The number of piperidine rings is 3. The van der Waals surface area contributed by atoms with Crippen LogP contribution in [0.25, 0.3) is 10.9 Å². The molecule has 0 radical (unpaired) electrons. The number of ether oxygens (including phenoxy) is 1. The average molecular weight is 843 g/mol. The van der Waals surface area contributed by atoms with Gasteiger partial charge in [-0.15, -0.1) is 0 Å². The summed E-state index contributed by atoms with van der Waals surface area (Å²) in [5.74, 6) is 2.50. The van der Waals surface area contributed by atoms with Crippen LogP contribution in [0.4, 0.5) is 16.0 Å². The lowest BCUT2D eigenvalue weighted by Crippen LogP contribution is -2.50. The van der Waals surface area contributed by atoms with Crippen LogP contribution in [-0.4, -0.2) is 70.5 Å². The van der Waals surface area contributed by atoms with Crippen molar-refractivity contribution in [3.8, 4) is 5.75 Å². The van der Waals surface area contributed by atoms with Gasteiger partial charge in [0, 0.05) is 84.4 Å². The van der Waals surface area contributed by atoms with Crippen LogP contribution in [0.15, 0.2) is 48.8 Å². The number of carbonyl (C=O) groups excluding carboxylic acids is 3. The van der Waals surface area contributed by atoms with E-state index in [0.29, 0.717) is 54.7 Å². The molecule has 11 heteroatoms. The van der Waals surface area contributed by atoms with Crippen molar-refractivity contribution in [1.29, 1.82) is 0 Å². The van der Waals surface area contributed by atoms with Crippen LogP contribution in [0.1, 0.15) is 137 Å². The number of Topliss-reactive ketones (excluding diaryl/α,β-unsaturated/α-hetero) is 1. The lowest BCUT2D eigenvalue weighted by atomic mass is 9.55. The van der Waals surface area contributed by atoms with Gasteiger partial charge >= 0.3 is 0 Å². The second-order valence-corrected chi connectivity index (χ2v) is 20.7. The summed E-state index contributed by atoms with van der Waals surface area (Å²) in [6, 6.07) is 12.9. The molecule has 1 saturated carbocycles. The van der Waals surface area contributed by atoms with Gasteiger partial charge < -0.3 is 19.5 Å². The molecule has 1 spiro atoms. The third kappa shape index (κ3) is 7.69. The highest BCUT2D eigenvalue weighted by molar-refractivity contribution is 6.04. The fourth-order valence-corrected chi connectivity index (χ4v) is 12.9. The Morgan fingerprint density at radius 3 is 2.53 bits per heavy atom. The highest BCUT2D eigenvalue weighted by atomic mass is 19.1. The van der Waals surface area contributed by atoms with E-state index in [4.69, 9.17) is 14.7 Å². The SMILES string of the molecule is CCc1c(C(=O)CC2CCC(=O)NC2=O)ccc2c1OC[C@H]1CC(CC3CC4(CCN(c5ncc([C@@H]6c7[nH]c8ccccc8c7C[C@@H](C)C6CC(C)(C)F)cn5)CC4)C3)CCN21. The standard InChI is InChI=1S/C51H63FN6O4/c1-5-36-38(43(59)23-33-10-13-44(60)56-48(33)61)11-12-42-47(36)62-29-35-22-31(14-17-58(35)42)21-32-24-51(25-32)15-18-57(19-16-51)49-53-27-34(28-54-49)45-40(26-50(3,4)52)30(2)20-39-37-8-6-7-9-41(37)55-46(39)45/h6-9,11-12,27-28,30-33,35,40,45,55H,5,10,13-26,29H2,1-4H3,(H,56,60,61)/t30-,31?,33?,35-,40?,45+/m1/s1. The fraction of sp³-hybridized carbons (Fsp3) is 0.588. The first kappa shape index (κ1) is 41.2. The molecule has 6 heterocycles. The number of ketones is 1. The van der Waals surface area contributed by atoms with Crippen LogP contribution in [0.2, 0.25) is 0 Å². The summed E-state index contributed by atoms with van der Waals surface area (Å²) in [6.45, 7) is 11.4. The molecule has 2 aromatic heterocycles. The van der Waals surface area contributed by atoms with Gasteiger partial charge in [-0.2, -0.15) is 0 Å². The molecular weight excluding hydrogens is 780 g/mol. The molecule has 3 saturated heterocycles. The molecule has 10 nitrogen and oxygen atoms in total. The number of halogens is 1. The number of imide groups is 1. The predicted molar refractivity (Wildman–Crippen MR) is 240 cm³/mol. The Hall–Kier alpha value is -4.80. The van der Waals surface area contributed by atoms with E-state index in [0.717, 1.165) is 72.4 Å². The summed E-state index contributed by atoms with van der Waals surface area (Å²) in [5, 5.41) is 3.66. The Kier molecular flexibility index (Phi) is 10.7. The fourth-order valence-electron chi connectivity index (χ4n) is 12.9. The molecule has 4 aromatic rings. The number of nitrogens with one attached hydrogen (secondary N) is 2. The predicted octanol–water partition coefficient (Wildman–Crippen LogP) is 9.29. The number of aromatic nitrogens is 3. The number of fused-ring (bicyclic) bond motifs is 6. The molecule has 2 N–H and O–H groups in total. The zero-order valence-corrected chi connectivity index (χ0v) is 37.0. The number of anilines is 2. The van der Waals surface area contributed by atoms with E-state index in [9.17, 15) is 14.4 Å². The Labute approximate surface area is 365 Å². The van der Waals surface area contributed by atoms with Crippen LogP contribution in [-0.2, 0) is 22.4 Å². The topological polar surface area (TPSA) is 121 Å². The van der Waals surface area contributed by atoms with Crippen LogP contribution in [0.3, 0.4) is 0 Å². The van der Waals surface area contributed by atoms with Gasteiger partial charge in [0.1, 0.15) is 18.0 Å². The molecule has 2 aliphatic carbocycles. The van der Waals surface area contributed by atoms with Crippen LogP contribution in [0, 0.1) is 35.0 Å². The number of carbonyl (C=O) groups is 3. The van der Waals surface area contributed by atoms with Crippen molar-refractivity contribution in [3.05, 3.63) is 76.7 Å². The maximum absolute atomic E-state index is 15.3. The number of rotatable bonds is 10. The molecule has 2 aromatic carbocycles. The minimum atomic E-state index is -1.26. The molecule has 4 fully saturated rings. The normalized spacial score (nSPS) is 27.2. The summed E-state index contributed by atoms with van der Waals surface area (Å²) in [7, 11) is 0. The molecule has 6 aliphatic rings. The number of hydrogen-bond donors (Lipinski definition) is 2. The summed E-state index contributed by atoms with van der Waals surface area (Å²) < 4.78 is 21.8. The van der Waals surface area contributed by atoms with Crippen LogP contribution in [0.5, 0.6) is 5.75 Å². The van der Waals surface area contributed by atoms with Crippen LogP contribution < -0.4 is 19.9 Å². The van der Waals surface area contributed by atoms with E-state index in [1.54, 1.807) is 13.8 Å². The van der Waals surface area contributed by atoms with Crippen molar-refractivity contribution in [3.63, 3.8) is 0 Å². The monoisotopic (exact) mass is 842 g/mol. The summed E-state index contributed by atoms with van der Waals surface area (Å²) >= 11 is 0. The third-order valence-electron chi connectivity index (χ3n) is 16.0. The molecule has 4 aliphatic heterocycles. The highest BCUT2D eigenvalue weighted by Gasteiger charge is 2.48. The molecule has 10 rings (SSSR count). The van der Waals surface area contributed by atoms with E-state index < -0.39 is 11.6 Å². The molecule has 62 heavy (non-hydrogen) atoms. The van der Waals surface area contributed by atoms with Crippen molar-refractivity contribution in [2.24, 2.45) is 35.0 Å². The van der Waals surface area contributed by atoms with E-state index >= 15 is 4.39 Å². The first-order valence-corrected chi connectivity index (χ1v) is 23.6. The summed E-state index contributed by atoms with van der Waals surface area (Å²) in [5.41, 5.74) is 6.63. The van der Waals surface area contributed by atoms with E-state index in [1.165, 1.54) is 55.2 Å². The number of para-hydroxylation sites is 1. The Morgan fingerprint density at radius 1 is 1.02 bits per heavy atom. The maximum atomic E-state index is 15.3. The van der Waals surface area contributed by atoms with E-state index in [2.05, 4.69) is 64.3 Å². The number of nitrogens with zero attached hydrogens (tertiary/aromatic N) is 4. The molecule has 328 valence electrons. The maximum Gasteiger partial charge on any atom is 0.230 e. The molecule has 3 unspecified atom stereocenters. The van der Waals surface area contributed by atoms with Gasteiger partial charge in [0.25, 0.3) is 0 Å². The van der Waals surface area contributed by atoms with Crippen molar-refractivity contribution in [2.75, 3.05) is 36.0 Å². The van der Waals surface area contributed by atoms with Gasteiger partial charge in [-0.05, 0) is 143 Å². The van der Waals surface area contributed by atoms with E-state index in [-0.39, 0.29) is 42.3 Å². The van der Waals surface area contributed by atoms with Gasteiger partial charge in [0.15, 0.2) is 5.78 Å². The van der Waals surface area contributed by atoms with Crippen LogP contribution >= 0.6 is 0 Å². The van der Waals surface area contributed by atoms with Gasteiger partial charge in [-0.25, -0.2) is 14.4 Å². The average Bonchev–Trinajstić information content (AvgIpc) is 3.61. The number of benzene rings is 2. The smallest absolute Gasteiger partial charge is 0.230 e. The zero-order valence-electron chi connectivity index (χ0n) is 37.0. The van der Waals surface area contributed by atoms with Crippen molar-refractivity contribution < 1.29 is 23.5 Å². The van der Waals surface area contributed by atoms with Crippen molar-refractivity contribution >= 4 is 40.1 Å². The summed E-state index contributed by atoms with van der Waals surface area (Å²) in [4.78, 5) is 56.1. The Morgan fingerprint density at radius 2 is 1.79 bits per heavy atom. The molecular formula is C51H63FN6O4. The molecule has 2 amide bonds. The third-order valence-corrected chi connectivity index (χ3v) is 16.0. The van der Waals surface area contributed by atoms with Gasteiger partial charge in [0.2, 0.25) is 17.8 Å². The Balaban J connectivity index is 0.733. The number of H-pyrrole nitrogens is 1. The second-order valence-electron chi connectivity index (χ2n) is 20.7. The highest BCUT2D eigenvalue weighted by Crippen LogP contribution is 2.56. The number of hydrogen-bond acceptors (Lipinski definition) is 8. The number of alkyl halides is 1. The second kappa shape index (κ2) is 16.1. The number of amides is 2.